The minimum absolute atomic E-state index is 0.0364. The van der Waals surface area contributed by atoms with Crippen molar-refractivity contribution >= 4 is 17.3 Å². The van der Waals surface area contributed by atoms with Crippen molar-refractivity contribution in [3.8, 4) is 0 Å². The van der Waals surface area contributed by atoms with Gasteiger partial charge in [0, 0.05) is 12.1 Å². The Labute approximate surface area is 148 Å². The number of nitro groups is 1. The predicted molar refractivity (Wildman–Crippen MR) is 97.8 cm³/mol. The highest BCUT2D eigenvalue weighted by Crippen LogP contribution is 2.35. The van der Waals surface area contributed by atoms with E-state index in [-0.39, 0.29) is 11.6 Å². The maximum atomic E-state index is 12.6. The molecule has 1 amide bonds. The van der Waals surface area contributed by atoms with Gasteiger partial charge >= 0.3 is 0 Å². The number of nitrogens with zero attached hydrogens (tertiary/aromatic N) is 2. The Kier molecular flexibility index (Phi) is 5.37. The summed E-state index contributed by atoms with van der Waals surface area (Å²) in [7, 11) is 0. The van der Waals surface area contributed by atoms with E-state index in [0.29, 0.717) is 24.2 Å². The fourth-order valence-corrected chi connectivity index (χ4v) is 4.35. The van der Waals surface area contributed by atoms with E-state index in [4.69, 9.17) is 0 Å². The molecule has 0 spiro atoms. The summed E-state index contributed by atoms with van der Waals surface area (Å²) in [5.74, 6) is 0.559. The molecule has 25 heavy (non-hydrogen) atoms. The quantitative estimate of drug-likeness (QED) is 0.665. The fourth-order valence-electron chi connectivity index (χ4n) is 4.35. The SMILES string of the molecule is Cc1cc(NC(=O)CN2CCC[C@@H]3CCCC[C@@H]32)c([N+](=O)[O-])cc1C. The Bertz CT molecular complexity index is 672. The van der Waals surface area contributed by atoms with Crippen molar-refractivity contribution in [1.29, 1.82) is 0 Å². The molecule has 1 N–H and O–H groups in total. The molecule has 3 rings (SSSR count). The summed E-state index contributed by atoms with van der Waals surface area (Å²) in [6.45, 7) is 5.01. The lowest BCUT2D eigenvalue weighted by Gasteiger charge is -2.43. The van der Waals surface area contributed by atoms with Gasteiger partial charge in [0.25, 0.3) is 5.69 Å². The highest BCUT2D eigenvalue weighted by molar-refractivity contribution is 5.94. The molecule has 1 heterocycles. The number of piperidine rings is 1. The Morgan fingerprint density at radius 2 is 1.88 bits per heavy atom. The summed E-state index contributed by atoms with van der Waals surface area (Å²) in [5, 5.41) is 14.1. The van der Waals surface area contributed by atoms with Crippen LogP contribution in [0.5, 0.6) is 0 Å². The van der Waals surface area contributed by atoms with Gasteiger partial charge in [0.1, 0.15) is 5.69 Å². The number of hydrogen-bond donors (Lipinski definition) is 1. The minimum atomic E-state index is -0.430. The summed E-state index contributed by atoms with van der Waals surface area (Å²) in [5.41, 5.74) is 2.05. The largest absolute Gasteiger partial charge is 0.319 e. The Morgan fingerprint density at radius 3 is 2.64 bits per heavy atom. The lowest BCUT2D eigenvalue weighted by Crippen LogP contribution is -2.49. The molecule has 2 aliphatic rings. The molecule has 1 aromatic carbocycles. The van der Waals surface area contributed by atoms with Gasteiger partial charge in [-0.25, -0.2) is 0 Å². The smallest absolute Gasteiger partial charge is 0.293 e. The second-order valence-electron chi connectivity index (χ2n) is 7.48. The number of carbonyl (C=O) groups excluding carboxylic acids is 1. The van der Waals surface area contributed by atoms with Crippen LogP contribution < -0.4 is 5.32 Å². The van der Waals surface area contributed by atoms with E-state index in [1.54, 1.807) is 6.07 Å². The van der Waals surface area contributed by atoms with Crippen molar-refractivity contribution in [2.75, 3.05) is 18.4 Å². The van der Waals surface area contributed by atoms with Crippen molar-refractivity contribution in [2.24, 2.45) is 5.92 Å². The monoisotopic (exact) mass is 345 g/mol. The normalized spacial score (nSPS) is 23.8. The van der Waals surface area contributed by atoms with Gasteiger partial charge in [-0.3, -0.25) is 19.8 Å². The predicted octanol–water partition coefficient (Wildman–Crippen LogP) is 3.80. The molecule has 136 valence electrons. The average Bonchev–Trinajstić information content (AvgIpc) is 2.58. The van der Waals surface area contributed by atoms with Crippen LogP contribution in [0, 0.1) is 29.9 Å². The Morgan fingerprint density at radius 1 is 1.20 bits per heavy atom. The fraction of sp³-hybridized carbons (Fsp3) is 0.632. The van der Waals surface area contributed by atoms with Gasteiger partial charge in [0.15, 0.2) is 0 Å². The van der Waals surface area contributed by atoms with Gasteiger partial charge < -0.3 is 5.32 Å². The summed E-state index contributed by atoms with van der Waals surface area (Å²) in [6.07, 6.45) is 7.38. The van der Waals surface area contributed by atoms with Crippen LogP contribution in [0.25, 0.3) is 0 Å². The van der Waals surface area contributed by atoms with Crippen LogP contribution in [-0.4, -0.2) is 34.9 Å². The van der Waals surface area contributed by atoms with Crippen LogP contribution in [0.1, 0.15) is 49.7 Å². The van der Waals surface area contributed by atoms with E-state index in [1.807, 2.05) is 13.8 Å². The summed E-state index contributed by atoms with van der Waals surface area (Å²) >= 11 is 0. The number of nitrogens with one attached hydrogen (secondary N) is 1. The van der Waals surface area contributed by atoms with Crippen LogP contribution in [0.4, 0.5) is 11.4 Å². The van der Waals surface area contributed by atoms with Gasteiger partial charge in [-0.1, -0.05) is 12.8 Å². The first-order valence-corrected chi connectivity index (χ1v) is 9.25. The van der Waals surface area contributed by atoms with Crippen LogP contribution in [0.2, 0.25) is 0 Å². The summed E-state index contributed by atoms with van der Waals surface area (Å²) in [4.78, 5) is 25.7. The molecule has 1 aliphatic carbocycles. The molecule has 6 nitrogen and oxygen atoms in total. The van der Waals surface area contributed by atoms with Gasteiger partial charge in [0.2, 0.25) is 5.91 Å². The molecule has 1 aromatic rings. The molecular formula is C19H27N3O3. The van der Waals surface area contributed by atoms with Crippen molar-refractivity contribution < 1.29 is 9.72 Å². The number of rotatable bonds is 4. The van der Waals surface area contributed by atoms with E-state index in [2.05, 4.69) is 10.2 Å². The molecule has 2 atom stereocenters. The third-order valence-electron chi connectivity index (χ3n) is 5.79. The van der Waals surface area contributed by atoms with E-state index < -0.39 is 4.92 Å². The molecule has 1 aliphatic heterocycles. The number of hydrogen-bond acceptors (Lipinski definition) is 4. The zero-order chi connectivity index (χ0) is 18.0. The number of nitro benzene ring substituents is 1. The standard InChI is InChI=1S/C19H27N3O3/c1-13-10-16(18(22(24)25)11-14(13)2)20-19(23)12-21-9-5-7-15-6-3-4-8-17(15)21/h10-11,15,17H,3-9,12H2,1-2H3,(H,20,23)/t15-,17-/m0/s1. The number of likely N-dealkylation sites (tertiary alicyclic amines) is 1. The number of anilines is 1. The number of fused-ring (bicyclic) bond motifs is 1. The molecular weight excluding hydrogens is 318 g/mol. The van der Waals surface area contributed by atoms with Crippen LogP contribution in [0.3, 0.4) is 0 Å². The third kappa shape index (κ3) is 4.00. The second-order valence-corrected chi connectivity index (χ2v) is 7.48. The maximum absolute atomic E-state index is 12.6. The van der Waals surface area contributed by atoms with E-state index >= 15 is 0 Å². The molecule has 0 radical (unpaired) electrons. The summed E-state index contributed by atoms with van der Waals surface area (Å²) in [6, 6.07) is 3.73. The lowest BCUT2D eigenvalue weighted by molar-refractivity contribution is -0.384. The van der Waals surface area contributed by atoms with E-state index in [0.717, 1.165) is 24.1 Å². The molecule has 0 aromatic heterocycles. The van der Waals surface area contributed by atoms with Gasteiger partial charge in [-0.2, -0.15) is 0 Å². The molecule has 0 unspecified atom stereocenters. The van der Waals surface area contributed by atoms with Crippen LogP contribution in [-0.2, 0) is 4.79 Å². The van der Waals surface area contributed by atoms with Crippen molar-refractivity contribution in [3.63, 3.8) is 0 Å². The van der Waals surface area contributed by atoms with Crippen molar-refractivity contribution in [1.82, 2.24) is 4.90 Å². The van der Waals surface area contributed by atoms with Gasteiger partial charge in [-0.15, -0.1) is 0 Å². The van der Waals surface area contributed by atoms with E-state index in [9.17, 15) is 14.9 Å². The molecule has 0 bridgehead atoms. The Balaban J connectivity index is 1.70. The van der Waals surface area contributed by atoms with Crippen LogP contribution in [0.15, 0.2) is 12.1 Å². The molecule has 1 saturated carbocycles. The van der Waals surface area contributed by atoms with E-state index in [1.165, 1.54) is 38.2 Å². The highest BCUT2D eigenvalue weighted by atomic mass is 16.6. The Hall–Kier alpha value is -1.95. The lowest BCUT2D eigenvalue weighted by atomic mass is 9.78. The average molecular weight is 345 g/mol. The second kappa shape index (κ2) is 7.52. The number of benzene rings is 1. The third-order valence-corrected chi connectivity index (χ3v) is 5.79. The molecule has 6 heteroatoms. The number of amides is 1. The van der Waals surface area contributed by atoms with Gasteiger partial charge in [-0.05, 0) is 69.2 Å². The van der Waals surface area contributed by atoms with Gasteiger partial charge in [0.05, 0.1) is 11.5 Å². The number of aryl methyl sites for hydroxylation is 2. The number of carbonyl (C=O) groups is 1. The van der Waals surface area contributed by atoms with Crippen molar-refractivity contribution in [3.05, 3.63) is 33.4 Å². The molecule has 1 saturated heterocycles. The zero-order valence-electron chi connectivity index (χ0n) is 15.1. The van der Waals surface area contributed by atoms with Crippen molar-refractivity contribution in [2.45, 2.75) is 58.4 Å². The molecule has 2 fully saturated rings. The van der Waals surface area contributed by atoms with Crippen LogP contribution >= 0.6 is 0 Å². The topological polar surface area (TPSA) is 75.5 Å². The first-order valence-electron chi connectivity index (χ1n) is 9.25. The minimum Gasteiger partial charge on any atom is -0.319 e. The maximum Gasteiger partial charge on any atom is 0.293 e. The highest BCUT2D eigenvalue weighted by Gasteiger charge is 2.34. The first-order chi connectivity index (χ1) is 12.0. The summed E-state index contributed by atoms with van der Waals surface area (Å²) < 4.78 is 0. The first kappa shape index (κ1) is 17.9. The zero-order valence-corrected chi connectivity index (χ0v) is 15.1.